The molecule has 0 bridgehead atoms. The minimum atomic E-state index is -0.124. The van der Waals surface area contributed by atoms with Crippen LogP contribution in [0.2, 0.25) is 0 Å². The fourth-order valence-electron chi connectivity index (χ4n) is 3.29. The average Bonchev–Trinajstić information content (AvgIpc) is 3.26. The number of aromatic nitrogens is 4. The molecule has 2 aliphatic rings. The Hall–Kier alpha value is -2.44. The lowest BCUT2D eigenvalue weighted by Gasteiger charge is -2.24. The van der Waals surface area contributed by atoms with E-state index in [0.717, 1.165) is 51.1 Å². The Balaban J connectivity index is 1.44. The summed E-state index contributed by atoms with van der Waals surface area (Å²) in [4.78, 5) is 27.7. The first-order chi connectivity index (χ1) is 11.3. The van der Waals surface area contributed by atoms with Gasteiger partial charge in [-0.05, 0) is 25.3 Å². The van der Waals surface area contributed by atoms with Gasteiger partial charge < -0.3 is 14.8 Å². The Kier molecular flexibility index (Phi) is 3.69. The second-order valence-corrected chi connectivity index (χ2v) is 6.14. The van der Waals surface area contributed by atoms with Crippen LogP contribution < -0.4 is 10.2 Å². The summed E-state index contributed by atoms with van der Waals surface area (Å²) >= 11 is 0. The molecule has 7 nitrogen and oxygen atoms in total. The van der Waals surface area contributed by atoms with Gasteiger partial charge in [0.2, 0.25) is 5.95 Å². The third kappa shape index (κ3) is 2.91. The fraction of sp³-hybridized carbons (Fsp3) is 0.500. The van der Waals surface area contributed by atoms with Crippen molar-refractivity contribution in [1.82, 2.24) is 24.8 Å². The van der Waals surface area contributed by atoms with E-state index in [1.54, 1.807) is 12.3 Å². The monoisotopic (exact) mass is 312 g/mol. The van der Waals surface area contributed by atoms with E-state index in [2.05, 4.69) is 29.7 Å². The van der Waals surface area contributed by atoms with Crippen molar-refractivity contribution in [2.75, 3.05) is 18.0 Å². The maximum absolute atomic E-state index is 12.5. The van der Waals surface area contributed by atoms with Crippen molar-refractivity contribution in [3.05, 3.63) is 36.2 Å². The van der Waals surface area contributed by atoms with Crippen molar-refractivity contribution in [1.29, 1.82) is 0 Å². The highest BCUT2D eigenvalue weighted by molar-refractivity contribution is 5.92. The molecule has 120 valence electrons. The van der Waals surface area contributed by atoms with Gasteiger partial charge in [-0.1, -0.05) is 0 Å². The number of aryl methyl sites for hydroxylation is 1. The first-order valence-corrected chi connectivity index (χ1v) is 8.18. The third-order valence-corrected chi connectivity index (χ3v) is 4.53. The fourth-order valence-corrected chi connectivity index (χ4v) is 3.29. The first-order valence-electron chi connectivity index (χ1n) is 8.18. The summed E-state index contributed by atoms with van der Waals surface area (Å²) in [7, 11) is 0. The Bertz CT molecular complexity index is 706. The number of nitrogens with one attached hydrogen (secondary N) is 1. The normalized spacial score (nSPS) is 20.3. The summed E-state index contributed by atoms with van der Waals surface area (Å²) in [6, 6.07) is 1.80. The lowest BCUT2D eigenvalue weighted by molar-refractivity contribution is 0.0922. The number of imidazole rings is 1. The highest BCUT2D eigenvalue weighted by Crippen LogP contribution is 2.16. The number of rotatable bonds is 3. The summed E-state index contributed by atoms with van der Waals surface area (Å²) in [6.45, 7) is 2.71. The van der Waals surface area contributed by atoms with Crippen LogP contribution in [0.25, 0.3) is 0 Å². The Morgan fingerprint density at radius 2 is 2.09 bits per heavy atom. The lowest BCUT2D eigenvalue weighted by atomic mass is 10.1. The molecule has 2 aromatic rings. The van der Waals surface area contributed by atoms with Crippen LogP contribution in [-0.4, -0.2) is 44.6 Å². The van der Waals surface area contributed by atoms with Crippen molar-refractivity contribution >= 4 is 11.9 Å². The van der Waals surface area contributed by atoms with Gasteiger partial charge in [0.05, 0.1) is 0 Å². The molecule has 1 fully saturated rings. The number of nitrogens with zero attached hydrogens (tertiary/aromatic N) is 5. The third-order valence-electron chi connectivity index (χ3n) is 4.53. The molecule has 0 radical (unpaired) electrons. The molecule has 4 rings (SSSR count). The maximum atomic E-state index is 12.5. The van der Waals surface area contributed by atoms with Crippen molar-refractivity contribution in [3.63, 3.8) is 0 Å². The Morgan fingerprint density at radius 1 is 1.22 bits per heavy atom. The minimum absolute atomic E-state index is 0.120. The number of fused-ring (bicyclic) bond motifs is 1. The van der Waals surface area contributed by atoms with Crippen LogP contribution in [0.3, 0.4) is 0 Å². The van der Waals surface area contributed by atoms with Crippen LogP contribution in [0.1, 0.15) is 35.6 Å². The van der Waals surface area contributed by atoms with E-state index in [1.807, 2.05) is 12.4 Å². The molecular formula is C16H20N6O. The van der Waals surface area contributed by atoms with E-state index >= 15 is 0 Å². The van der Waals surface area contributed by atoms with E-state index in [1.165, 1.54) is 0 Å². The summed E-state index contributed by atoms with van der Waals surface area (Å²) in [6.07, 6.45) is 9.57. The van der Waals surface area contributed by atoms with E-state index in [9.17, 15) is 4.79 Å². The van der Waals surface area contributed by atoms with Crippen LogP contribution in [0.5, 0.6) is 0 Å². The standard InChI is InChI=1S/C16H20N6O/c23-15(19-12-3-4-14-17-7-10-22(14)11-12)13-5-6-18-16(20-13)21-8-1-2-9-21/h5-7,10,12H,1-4,8-9,11H2,(H,19,23)/t12-/m0/s1. The maximum Gasteiger partial charge on any atom is 0.270 e. The second kappa shape index (κ2) is 5.98. The van der Waals surface area contributed by atoms with Crippen LogP contribution in [0.4, 0.5) is 5.95 Å². The average molecular weight is 312 g/mol. The van der Waals surface area contributed by atoms with Gasteiger partial charge in [0.1, 0.15) is 11.5 Å². The number of anilines is 1. The predicted molar refractivity (Wildman–Crippen MR) is 85.3 cm³/mol. The molecule has 0 spiro atoms. The predicted octanol–water partition coefficient (Wildman–Crippen LogP) is 1.02. The molecule has 0 aromatic carbocycles. The Morgan fingerprint density at radius 3 is 2.96 bits per heavy atom. The van der Waals surface area contributed by atoms with Crippen molar-refractivity contribution < 1.29 is 4.79 Å². The van der Waals surface area contributed by atoms with E-state index in [-0.39, 0.29) is 11.9 Å². The van der Waals surface area contributed by atoms with Gasteiger partial charge in [-0.2, -0.15) is 0 Å². The van der Waals surface area contributed by atoms with Gasteiger partial charge in [0.25, 0.3) is 5.91 Å². The van der Waals surface area contributed by atoms with Crippen LogP contribution >= 0.6 is 0 Å². The highest BCUT2D eigenvalue weighted by atomic mass is 16.2. The molecule has 4 heterocycles. The number of amides is 1. The van der Waals surface area contributed by atoms with E-state index in [4.69, 9.17) is 0 Å². The van der Waals surface area contributed by atoms with Crippen LogP contribution in [-0.2, 0) is 13.0 Å². The van der Waals surface area contributed by atoms with Gasteiger partial charge in [-0.3, -0.25) is 4.79 Å². The molecule has 1 saturated heterocycles. The molecule has 7 heteroatoms. The summed E-state index contributed by atoms with van der Waals surface area (Å²) in [5.74, 6) is 1.63. The molecule has 1 atom stereocenters. The Labute approximate surface area is 134 Å². The van der Waals surface area contributed by atoms with Gasteiger partial charge in [0.15, 0.2) is 0 Å². The van der Waals surface area contributed by atoms with Crippen molar-refractivity contribution in [2.24, 2.45) is 0 Å². The zero-order chi connectivity index (χ0) is 15.6. The van der Waals surface area contributed by atoms with E-state index < -0.39 is 0 Å². The quantitative estimate of drug-likeness (QED) is 0.916. The molecule has 2 aromatic heterocycles. The largest absolute Gasteiger partial charge is 0.346 e. The molecular weight excluding hydrogens is 292 g/mol. The molecule has 2 aliphatic heterocycles. The second-order valence-electron chi connectivity index (χ2n) is 6.14. The molecule has 0 aliphatic carbocycles. The van der Waals surface area contributed by atoms with E-state index in [0.29, 0.717) is 11.6 Å². The summed E-state index contributed by atoms with van der Waals surface area (Å²) in [5, 5.41) is 3.09. The summed E-state index contributed by atoms with van der Waals surface area (Å²) in [5.41, 5.74) is 0.443. The van der Waals surface area contributed by atoms with Crippen LogP contribution in [0, 0.1) is 0 Å². The summed E-state index contributed by atoms with van der Waals surface area (Å²) < 4.78 is 2.10. The molecule has 0 unspecified atom stereocenters. The number of carbonyl (C=O) groups is 1. The first kappa shape index (κ1) is 14.2. The zero-order valence-electron chi connectivity index (χ0n) is 13.0. The minimum Gasteiger partial charge on any atom is -0.346 e. The van der Waals surface area contributed by atoms with Crippen molar-refractivity contribution in [3.8, 4) is 0 Å². The molecule has 23 heavy (non-hydrogen) atoms. The smallest absolute Gasteiger partial charge is 0.270 e. The molecule has 1 amide bonds. The highest BCUT2D eigenvalue weighted by Gasteiger charge is 2.22. The number of hydrogen-bond donors (Lipinski definition) is 1. The lowest BCUT2D eigenvalue weighted by Crippen LogP contribution is -2.41. The van der Waals surface area contributed by atoms with Crippen LogP contribution in [0.15, 0.2) is 24.7 Å². The number of carbonyl (C=O) groups excluding carboxylic acids is 1. The van der Waals surface area contributed by atoms with Gasteiger partial charge in [0, 0.05) is 50.7 Å². The number of hydrogen-bond acceptors (Lipinski definition) is 5. The van der Waals surface area contributed by atoms with Gasteiger partial charge >= 0.3 is 0 Å². The molecule has 1 N–H and O–H groups in total. The molecule has 0 saturated carbocycles. The zero-order valence-corrected chi connectivity index (χ0v) is 13.0. The van der Waals surface area contributed by atoms with Gasteiger partial charge in [-0.15, -0.1) is 0 Å². The van der Waals surface area contributed by atoms with Gasteiger partial charge in [-0.25, -0.2) is 15.0 Å². The van der Waals surface area contributed by atoms with Crippen molar-refractivity contribution in [2.45, 2.75) is 38.3 Å². The topological polar surface area (TPSA) is 75.9 Å². The SMILES string of the molecule is O=C(N[C@H]1CCc2nccn2C1)c1ccnc(N2CCCC2)n1.